The van der Waals surface area contributed by atoms with Gasteiger partial charge in [0.05, 0.1) is 28.6 Å². The molecule has 3 aliphatic rings. The number of carbonyl (C=O) groups is 2. The molecule has 2 saturated heterocycles. The molecule has 3 atom stereocenters. The fraction of sp³-hybridized carbons (Fsp3) is 0.464. The Labute approximate surface area is 214 Å². The number of hydrogen-bond donors (Lipinski definition) is 1. The number of halogens is 1. The third-order valence-electron chi connectivity index (χ3n) is 8.29. The number of thiophene rings is 1. The van der Waals surface area contributed by atoms with E-state index in [0.29, 0.717) is 12.5 Å². The molecule has 182 valence electrons. The second-order valence-corrected chi connectivity index (χ2v) is 12.6. The van der Waals surface area contributed by atoms with Crippen LogP contribution in [0.4, 0.5) is 0 Å². The van der Waals surface area contributed by atoms with Crippen molar-refractivity contribution in [3.8, 4) is 11.1 Å². The number of aromatic nitrogens is 1. The highest BCUT2D eigenvalue weighted by atomic mass is 35.5. The van der Waals surface area contributed by atoms with Crippen LogP contribution in [0.5, 0.6) is 0 Å². The van der Waals surface area contributed by atoms with Crippen molar-refractivity contribution in [3.05, 3.63) is 51.5 Å². The second kappa shape index (κ2) is 8.39. The molecular formula is C28H30ClN3O2S. The van der Waals surface area contributed by atoms with Crippen LogP contribution < -0.4 is 5.32 Å². The number of likely N-dealkylation sites (tertiary alicyclic amines) is 1. The van der Waals surface area contributed by atoms with Gasteiger partial charge in [-0.3, -0.25) is 19.5 Å². The Morgan fingerprint density at radius 1 is 1.17 bits per heavy atom. The summed E-state index contributed by atoms with van der Waals surface area (Å²) in [4.78, 5) is 32.8. The molecule has 1 saturated carbocycles. The van der Waals surface area contributed by atoms with Gasteiger partial charge in [-0.25, -0.2) is 0 Å². The van der Waals surface area contributed by atoms with Crippen LogP contribution in [-0.2, 0) is 22.6 Å². The van der Waals surface area contributed by atoms with Gasteiger partial charge in [-0.1, -0.05) is 25.4 Å². The van der Waals surface area contributed by atoms with Crippen LogP contribution in [0.1, 0.15) is 42.7 Å². The summed E-state index contributed by atoms with van der Waals surface area (Å²) in [5, 5.41) is 4.27. The molecule has 2 aromatic heterocycles. The number of imide groups is 1. The lowest BCUT2D eigenvalue weighted by atomic mass is 9.86. The Kier molecular flexibility index (Phi) is 5.55. The third-order valence-corrected chi connectivity index (χ3v) is 9.65. The number of nitrogens with zero attached hydrogens (tertiary/aromatic N) is 2. The van der Waals surface area contributed by atoms with Crippen LogP contribution in [0.15, 0.2) is 30.5 Å². The highest BCUT2D eigenvalue weighted by Gasteiger charge is 2.72. The molecule has 5 nitrogen and oxygen atoms in total. The van der Waals surface area contributed by atoms with Gasteiger partial charge in [-0.15, -0.1) is 11.3 Å². The topological polar surface area (TPSA) is 62.3 Å². The number of piperidine rings is 2. The van der Waals surface area contributed by atoms with E-state index in [4.69, 9.17) is 11.6 Å². The fourth-order valence-electron chi connectivity index (χ4n) is 6.26. The first kappa shape index (κ1) is 23.1. The molecule has 3 fully saturated rings. The van der Waals surface area contributed by atoms with Crippen LogP contribution in [0.3, 0.4) is 0 Å². The number of hydrogen-bond acceptors (Lipinski definition) is 5. The molecule has 1 N–H and O–H groups in total. The quantitative estimate of drug-likeness (QED) is 0.456. The van der Waals surface area contributed by atoms with Gasteiger partial charge in [0.2, 0.25) is 11.8 Å². The van der Waals surface area contributed by atoms with E-state index in [1.807, 2.05) is 26.1 Å². The maximum absolute atomic E-state index is 12.9. The van der Waals surface area contributed by atoms with Crippen LogP contribution in [0, 0.1) is 30.1 Å². The summed E-state index contributed by atoms with van der Waals surface area (Å²) in [5.74, 6) is 0.268. The first-order valence-electron chi connectivity index (χ1n) is 12.5. The number of amides is 2. The Bertz CT molecular complexity index is 1330. The van der Waals surface area contributed by atoms with Crippen LogP contribution in [0.25, 0.3) is 21.3 Å². The van der Waals surface area contributed by atoms with Gasteiger partial charge in [0.15, 0.2) is 0 Å². The third kappa shape index (κ3) is 3.81. The summed E-state index contributed by atoms with van der Waals surface area (Å²) >= 11 is 8.18. The predicted octanol–water partition coefficient (Wildman–Crippen LogP) is 5.61. The lowest BCUT2D eigenvalue weighted by Crippen LogP contribution is -2.35. The zero-order valence-corrected chi connectivity index (χ0v) is 21.9. The van der Waals surface area contributed by atoms with E-state index in [-0.39, 0.29) is 29.1 Å². The predicted molar refractivity (Wildman–Crippen MR) is 140 cm³/mol. The Morgan fingerprint density at radius 3 is 2.66 bits per heavy atom. The van der Waals surface area contributed by atoms with Gasteiger partial charge < -0.3 is 5.32 Å². The number of rotatable bonds is 5. The number of carbonyl (C=O) groups excluding carboxylic acids is 2. The lowest BCUT2D eigenvalue weighted by molar-refractivity contribution is -0.143. The number of benzene rings is 1. The highest BCUT2D eigenvalue weighted by molar-refractivity contribution is 7.19. The van der Waals surface area contributed by atoms with Crippen molar-refractivity contribution in [1.82, 2.24) is 15.2 Å². The van der Waals surface area contributed by atoms with E-state index in [0.717, 1.165) is 50.8 Å². The number of pyridine rings is 1. The van der Waals surface area contributed by atoms with Crippen molar-refractivity contribution < 1.29 is 9.59 Å². The summed E-state index contributed by atoms with van der Waals surface area (Å²) in [6.07, 6.45) is 5.32. The summed E-state index contributed by atoms with van der Waals surface area (Å²) in [7, 11) is 0. The maximum atomic E-state index is 12.9. The molecule has 3 unspecified atom stereocenters. The van der Waals surface area contributed by atoms with Gasteiger partial charge >= 0.3 is 0 Å². The standard InChI is InChI=1S/C28H30ClN3O2S/c1-15-9-17(29)11-21(20(15)10-16-5-4-7-30-13-16)19-6-8-31-22-12-18(35-25(19)22)14-32-26(33)23-24(27(32)34)28(23,2)3/h6,8-9,11-12,16,23-24,30H,4-5,7,10,13-14H2,1-3H3. The van der Waals surface area contributed by atoms with E-state index in [1.54, 1.807) is 11.3 Å². The second-order valence-electron chi connectivity index (χ2n) is 11.0. The monoisotopic (exact) mass is 507 g/mol. The van der Waals surface area contributed by atoms with Crippen molar-refractivity contribution in [2.75, 3.05) is 13.1 Å². The molecule has 1 aromatic carbocycles. The van der Waals surface area contributed by atoms with E-state index in [2.05, 4.69) is 35.4 Å². The summed E-state index contributed by atoms with van der Waals surface area (Å²) in [5.41, 5.74) is 5.56. The van der Waals surface area contributed by atoms with E-state index in [1.165, 1.54) is 28.9 Å². The van der Waals surface area contributed by atoms with Gasteiger partial charge in [0.25, 0.3) is 0 Å². The highest BCUT2D eigenvalue weighted by Crippen LogP contribution is 2.63. The van der Waals surface area contributed by atoms with Crippen molar-refractivity contribution in [3.63, 3.8) is 0 Å². The average Bonchev–Trinajstić information content (AvgIpc) is 3.07. The maximum Gasteiger partial charge on any atom is 0.234 e. The minimum atomic E-state index is -0.186. The summed E-state index contributed by atoms with van der Waals surface area (Å²) in [6, 6.07) is 8.24. The van der Waals surface area contributed by atoms with E-state index >= 15 is 0 Å². The molecule has 35 heavy (non-hydrogen) atoms. The molecule has 7 heteroatoms. The first-order valence-corrected chi connectivity index (χ1v) is 13.7. The van der Waals surface area contributed by atoms with Crippen molar-refractivity contribution in [2.24, 2.45) is 23.2 Å². The zero-order chi connectivity index (χ0) is 24.5. The molecule has 3 aromatic rings. The average molecular weight is 508 g/mol. The SMILES string of the molecule is Cc1cc(Cl)cc(-c2ccnc3cc(CN4C(=O)C5C(C4=O)C5(C)C)sc23)c1CC1CCCNC1. The Hall–Kier alpha value is -2.28. The van der Waals surface area contributed by atoms with Crippen LogP contribution in [0.2, 0.25) is 5.02 Å². The van der Waals surface area contributed by atoms with Crippen LogP contribution >= 0.6 is 22.9 Å². The van der Waals surface area contributed by atoms with Crippen molar-refractivity contribution >= 4 is 45.0 Å². The number of fused-ring (bicyclic) bond motifs is 2. The molecular weight excluding hydrogens is 478 g/mol. The summed E-state index contributed by atoms with van der Waals surface area (Å²) < 4.78 is 1.08. The molecule has 0 spiro atoms. The Balaban J connectivity index is 1.35. The summed E-state index contributed by atoms with van der Waals surface area (Å²) in [6.45, 7) is 8.66. The van der Waals surface area contributed by atoms with Crippen molar-refractivity contribution in [1.29, 1.82) is 0 Å². The van der Waals surface area contributed by atoms with Gasteiger partial charge in [0, 0.05) is 21.7 Å². The van der Waals surface area contributed by atoms with E-state index in [9.17, 15) is 9.59 Å². The largest absolute Gasteiger partial charge is 0.316 e. The molecule has 6 rings (SSSR count). The number of nitrogens with one attached hydrogen (secondary N) is 1. The molecule has 0 bridgehead atoms. The Morgan fingerprint density at radius 2 is 1.94 bits per heavy atom. The molecule has 2 aliphatic heterocycles. The van der Waals surface area contributed by atoms with Crippen LogP contribution in [-0.4, -0.2) is 34.8 Å². The molecule has 0 radical (unpaired) electrons. The smallest absolute Gasteiger partial charge is 0.234 e. The zero-order valence-electron chi connectivity index (χ0n) is 20.4. The normalized spacial score (nSPS) is 25.4. The van der Waals surface area contributed by atoms with Gasteiger partial charge in [0.1, 0.15) is 0 Å². The van der Waals surface area contributed by atoms with E-state index < -0.39 is 0 Å². The molecule has 1 aliphatic carbocycles. The lowest BCUT2D eigenvalue weighted by Gasteiger charge is -2.25. The first-order chi connectivity index (χ1) is 16.8. The minimum absolute atomic E-state index is 0.0236. The minimum Gasteiger partial charge on any atom is -0.316 e. The van der Waals surface area contributed by atoms with Gasteiger partial charge in [-0.05, 0) is 91.6 Å². The molecule has 4 heterocycles. The van der Waals surface area contributed by atoms with Gasteiger partial charge in [-0.2, -0.15) is 0 Å². The fourth-order valence-corrected chi connectivity index (χ4v) is 7.67. The van der Waals surface area contributed by atoms with Crippen molar-refractivity contribution in [2.45, 2.75) is 46.6 Å². The molecule has 2 amide bonds. The number of aryl methyl sites for hydroxylation is 1.